The average Bonchev–Trinajstić information content (AvgIpc) is 2.93. The first kappa shape index (κ1) is 15.2. The first-order valence-electron chi connectivity index (χ1n) is 6.63. The van der Waals surface area contributed by atoms with Gasteiger partial charge in [-0.25, -0.2) is 0 Å². The zero-order valence-corrected chi connectivity index (χ0v) is 12.0. The summed E-state index contributed by atoms with van der Waals surface area (Å²) in [6.07, 6.45) is 3.97. The van der Waals surface area contributed by atoms with Crippen molar-refractivity contribution in [2.24, 2.45) is 0 Å². The zero-order valence-electron chi connectivity index (χ0n) is 12.0. The van der Waals surface area contributed by atoms with E-state index >= 15 is 0 Å². The molecule has 1 heterocycles. The highest BCUT2D eigenvalue weighted by molar-refractivity contribution is 5.60. The van der Waals surface area contributed by atoms with Crippen LogP contribution in [0.5, 0.6) is 11.5 Å². The number of benzene rings is 1. The van der Waals surface area contributed by atoms with Gasteiger partial charge in [-0.3, -0.25) is 0 Å². The Labute approximate surface area is 122 Å². The Hall–Kier alpha value is -2.24. The van der Waals surface area contributed by atoms with Gasteiger partial charge in [-0.15, -0.1) is 0 Å². The van der Waals surface area contributed by atoms with Crippen molar-refractivity contribution in [3.05, 3.63) is 42.2 Å². The number of methoxy groups -OCH3 is 1. The van der Waals surface area contributed by atoms with Gasteiger partial charge in [0.25, 0.3) is 0 Å². The molecular weight excluding hydrogens is 278 g/mol. The van der Waals surface area contributed by atoms with Gasteiger partial charge in [0.1, 0.15) is 11.5 Å². The molecule has 21 heavy (non-hydrogen) atoms. The molecule has 114 valence electrons. The Morgan fingerprint density at radius 2 is 2.10 bits per heavy atom. The van der Waals surface area contributed by atoms with Gasteiger partial charge in [0.2, 0.25) is 0 Å². The van der Waals surface area contributed by atoms with E-state index in [1.807, 2.05) is 30.0 Å². The molecule has 0 atom stereocenters. The average molecular weight is 296 g/mol. The van der Waals surface area contributed by atoms with E-state index in [1.54, 1.807) is 12.1 Å². The normalized spacial score (nSPS) is 10.7. The molecule has 0 saturated heterocycles. The molecule has 0 spiro atoms. The van der Waals surface area contributed by atoms with Crippen LogP contribution in [0.15, 0.2) is 36.7 Å². The summed E-state index contributed by atoms with van der Waals surface area (Å²) in [5.41, 5.74) is 1.53. The second kappa shape index (κ2) is 6.97. The predicted octanol–water partition coefficient (Wildman–Crippen LogP) is 3.73. The monoisotopic (exact) mass is 296 g/mol. The van der Waals surface area contributed by atoms with E-state index in [2.05, 4.69) is 10.1 Å². The number of aromatic nitrogens is 1. The molecule has 0 amide bonds. The Kier molecular flexibility index (Phi) is 5.03. The number of anilines is 1. The van der Waals surface area contributed by atoms with Gasteiger partial charge in [-0.05, 0) is 30.7 Å². The molecule has 1 N–H and O–H groups in total. The van der Waals surface area contributed by atoms with E-state index < -0.39 is 6.61 Å². The van der Waals surface area contributed by atoms with Gasteiger partial charge in [-0.1, -0.05) is 0 Å². The van der Waals surface area contributed by atoms with Crippen molar-refractivity contribution >= 4 is 5.69 Å². The molecule has 0 fully saturated rings. The number of aryl methyl sites for hydroxylation is 1. The fourth-order valence-corrected chi connectivity index (χ4v) is 1.96. The Morgan fingerprint density at radius 1 is 1.29 bits per heavy atom. The van der Waals surface area contributed by atoms with Crippen molar-refractivity contribution in [1.29, 1.82) is 0 Å². The molecule has 2 rings (SSSR count). The van der Waals surface area contributed by atoms with E-state index in [-0.39, 0.29) is 5.75 Å². The topological polar surface area (TPSA) is 35.4 Å². The van der Waals surface area contributed by atoms with Crippen LogP contribution in [0.4, 0.5) is 14.5 Å². The Morgan fingerprint density at radius 3 is 2.71 bits per heavy atom. The fraction of sp³-hybridized carbons (Fsp3) is 0.333. The van der Waals surface area contributed by atoms with Crippen LogP contribution in [0.25, 0.3) is 0 Å². The number of rotatable bonds is 7. The third-order valence-corrected chi connectivity index (χ3v) is 3.06. The lowest BCUT2D eigenvalue weighted by Gasteiger charge is -2.13. The van der Waals surface area contributed by atoms with Crippen molar-refractivity contribution < 1.29 is 18.3 Å². The quantitative estimate of drug-likeness (QED) is 0.845. The molecule has 0 bridgehead atoms. The molecule has 0 aliphatic heterocycles. The maximum Gasteiger partial charge on any atom is 0.387 e. The Bertz CT molecular complexity index is 585. The van der Waals surface area contributed by atoms with Crippen LogP contribution in [0.1, 0.15) is 12.5 Å². The van der Waals surface area contributed by atoms with Crippen molar-refractivity contribution in [2.75, 3.05) is 12.4 Å². The van der Waals surface area contributed by atoms with Crippen molar-refractivity contribution in [3.63, 3.8) is 0 Å². The lowest BCUT2D eigenvalue weighted by atomic mass is 10.2. The van der Waals surface area contributed by atoms with Crippen molar-refractivity contribution in [1.82, 2.24) is 4.57 Å². The van der Waals surface area contributed by atoms with E-state index in [1.165, 1.54) is 13.2 Å². The Balaban J connectivity index is 2.12. The number of nitrogens with one attached hydrogen (secondary N) is 1. The van der Waals surface area contributed by atoms with E-state index in [0.717, 1.165) is 12.1 Å². The summed E-state index contributed by atoms with van der Waals surface area (Å²) in [6, 6.07) is 6.65. The standard InChI is InChI=1S/C15H18F2N2O2/c1-3-19-7-6-11(10-19)9-18-13-8-12(20-2)4-5-14(13)21-15(16)17/h4-8,10,15,18H,3,9H2,1-2H3. The molecule has 1 aromatic heterocycles. The summed E-state index contributed by atoms with van der Waals surface area (Å²) in [6.45, 7) is 0.590. The van der Waals surface area contributed by atoms with Gasteiger partial charge in [0.15, 0.2) is 0 Å². The van der Waals surface area contributed by atoms with Crippen molar-refractivity contribution in [3.8, 4) is 11.5 Å². The lowest BCUT2D eigenvalue weighted by molar-refractivity contribution is -0.0494. The van der Waals surface area contributed by atoms with Crippen LogP contribution >= 0.6 is 0 Å². The molecule has 0 unspecified atom stereocenters. The highest BCUT2D eigenvalue weighted by atomic mass is 19.3. The van der Waals surface area contributed by atoms with Crippen molar-refractivity contribution in [2.45, 2.75) is 26.6 Å². The molecular formula is C15H18F2N2O2. The summed E-state index contributed by atoms with van der Waals surface area (Å²) in [5.74, 6) is 0.672. The van der Waals surface area contributed by atoms with Crippen LogP contribution in [-0.4, -0.2) is 18.3 Å². The lowest BCUT2D eigenvalue weighted by Crippen LogP contribution is -2.06. The predicted molar refractivity (Wildman–Crippen MR) is 77.1 cm³/mol. The van der Waals surface area contributed by atoms with Crippen LogP contribution in [0.2, 0.25) is 0 Å². The molecule has 2 aromatic rings. The maximum atomic E-state index is 12.4. The first-order valence-corrected chi connectivity index (χ1v) is 6.63. The number of halogens is 2. The van der Waals surface area contributed by atoms with E-state index in [9.17, 15) is 8.78 Å². The minimum atomic E-state index is -2.86. The van der Waals surface area contributed by atoms with Gasteiger partial charge >= 0.3 is 6.61 Å². The highest BCUT2D eigenvalue weighted by Gasteiger charge is 2.11. The summed E-state index contributed by atoms with van der Waals surface area (Å²) >= 11 is 0. The van der Waals surface area contributed by atoms with E-state index in [4.69, 9.17) is 4.74 Å². The van der Waals surface area contributed by atoms with Crippen LogP contribution in [-0.2, 0) is 13.1 Å². The summed E-state index contributed by atoms with van der Waals surface area (Å²) < 4.78 is 36.5. The number of hydrogen-bond acceptors (Lipinski definition) is 3. The number of alkyl halides is 2. The third kappa shape index (κ3) is 4.11. The summed E-state index contributed by atoms with van der Waals surface area (Å²) in [7, 11) is 1.52. The minimum Gasteiger partial charge on any atom is -0.497 e. The highest BCUT2D eigenvalue weighted by Crippen LogP contribution is 2.30. The van der Waals surface area contributed by atoms with Crippen LogP contribution in [0, 0.1) is 0 Å². The molecule has 0 aliphatic rings. The molecule has 0 saturated carbocycles. The zero-order chi connectivity index (χ0) is 15.2. The number of ether oxygens (including phenoxy) is 2. The summed E-state index contributed by atoms with van der Waals surface area (Å²) in [5, 5.41) is 3.10. The van der Waals surface area contributed by atoms with Gasteiger partial charge in [0, 0.05) is 31.5 Å². The molecule has 6 heteroatoms. The van der Waals surface area contributed by atoms with Crippen LogP contribution < -0.4 is 14.8 Å². The molecule has 1 aromatic carbocycles. The molecule has 4 nitrogen and oxygen atoms in total. The first-order chi connectivity index (χ1) is 10.1. The number of nitrogens with zero attached hydrogens (tertiary/aromatic N) is 1. The smallest absolute Gasteiger partial charge is 0.387 e. The minimum absolute atomic E-state index is 0.0979. The second-order valence-corrected chi connectivity index (χ2v) is 4.44. The largest absolute Gasteiger partial charge is 0.497 e. The summed E-state index contributed by atoms with van der Waals surface area (Å²) in [4.78, 5) is 0. The van der Waals surface area contributed by atoms with Gasteiger partial charge in [-0.2, -0.15) is 8.78 Å². The van der Waals surface area contributed by atoms with E-state index in [0.29, 0.717) is 18.0 Å². The SMILES string of the molecule is CCn1ccc(CNc2cc(OC)ccc2OC(F)F)c1. The maximum absolute atomic E-state index is 12.4. The van der Waals surface area contributed by atoms with Crippen LogP contribution in [0.3, 0.4) is 0 Å². The second-order valence-electron chi connectivity index (χ2n) is 4.44. The van der Waals surface area contributed by atoms with Gasteiger partial charge in [0.05, 0.1) is 12.8 Å². The number of hydrogen-bond donors (Lipinski definition) is 1. The van der Waals surface area contributed by atoms with Gasteiger partial charge < -0.3 is 19.4 Å². The molecule has 0 radical (unpaired) electrons. The third-order valence-electron chi connectivity index (χ3n) is 3.06. The molecule has 0 aliphatic carbocycles. The fourth-order valence-electron chi connectivity index (χ4n) is 1.96.